The van der Waals surface area contributed by atoms with Gasteiger partial charge in [0.1, 0.15) is 5.75 Å². The van der Waals surface area contributed by atoms with E-state index in [1.54, 1.807) is 24.4 Å². The van der Waals surface area contributed by atoms with Crippen molar-refractivity contribution in [1.29, 1.82) is 0 Å². The number of nitrogens with zero attached hydrogens (tertiary/aromatic N) is 1. The van der Waals surface area contributed by atoms with Crippen LogP contribution in [0.1, 0.15) is 25.5 Å². The molecule has 0 radical (unpaired) electrons. The van der Waals surface area contributed by atoms with Crippen LogP contribution in [0.2, 0.25) is 0 Å². The lowest BCUT2D eigenvalue weighted by molar-refractivity contribution is -0.144. The molecule has 1 aromatic heterocycles. The molecular weight excluding hydrogens is 428 g/mol. The lowest BCUT2D eigenvalue weighted by Gasteiger charge is -2.25. The number of amides is 1. The fourth-order valence-corrected chi connectivity index (χ4v) is 5.32. The zero-order valence-electron chi connectivity index (χ0n) is 16.7. The van der Waals surface area contributed by atoms with Gasteiger partial charge >= 0.3 is 0 Å². The van der Waals surface area contributed by atoms with Gasteiger partial charge in [0.25, 0.3) is 5.91 Å². The maximum atomic E-state index is 12.8. The molecule has 1 heterocycles. The van der Waals surface area contributed by atoms with E-state index in [9.17, 15) is 18.3 Å². The van der Waals surface area contributed by atoms with Crippen LogP contribution in [0, 0.1) is 0 Å². The van der Waals surface area contributed by atoms with Gasteiger partial charge in [0.05, 0.1) is 22.9 Å². The Morgan fingerprint density at radius 1 is 1.23 bits per heavy atom. The molecular formula is C20H26N2O6S2. The number of thioether (sulfide) groups is 1. The van der Waals surface area contributed by atoms with Gasteiger partial charge in [-0.1, -0.05) is 19.4 Å². The Hall–Kier alpha value is -2.14. The normalized spacial score (nSPS) is 13.4. The summed E-state index contributed by atoms with van der Waals surface area (Å²) in [5, 5.41) is 19.7. The average Bonchev–Trinajstić information content (AvgIpc) is 2.74. The summed E-state index contributed by atoms with van der Waals surface area (Å²) < 4.78 is 31.1. The molecule has 0 aliphatic carbocycles. The summed E-state index contributed by atoms with van der Waals surface area (Å²) in [5.41, 5.74) is -0.234. The molecule has 0 aliphatic rings. The molecule has 1 aromatic carbocycles. The van der Waals surface area contributed by atoms with Gasteiger partial charge in [0.15, 0.2) is 15.4 Å². The van der Waals surface area contributed by atoms with Crippen molar-refractivity contribution in [1.82, 2.24) is 10.5 Å². The predicted molar refractivity (Wildman–Crippen MR) is 114 cm³/mol. The van der Waals surface area contributed by atoms with E-state index in [4.69, 9.17) is 9.94 Å². The topological polar surface area (TPSA) is 126 Å². The lowest BCUT2D eigenvalue weighted by atomic mass is 10.1. The molecule has 2 aromatic rings. The number of pyridine rings is 1. The maximum absolute atomic E-state index is 12.8. The lowest BCUT2D eigenvalue weighted by Crippen LogP contribution is -2.52. The van der Waals surface area contributed by atoms with Crippen molar-refractivity contribution < 1.29 is 28.3 Å². The van der Waals surface area contributed by atoms with E-state index in [1.165, 1.54) is 29.7 Å². The van der Waals surface area contributed by atoms with Crippen molar-refractivity contribution in [2.75, 3.05) is 18.1 Å². The summed E-state index contributed by atoms with van der Waals surface area (Å²) in [6, 6.07) is 11.1. The van der Waals surface area contributed by atoms with Crippen molar-refractivity contribution in [3.63, 3.8) is 0 Å². The molecule has 0 bridgehead atoms. The first-order valence-electron chi connectivity index (χ1n) is 9.41. The highest BCUT2D eigenvalue weighted by Crippen LogP contribution is 2.24. The first-order valence-corrected chi connectivity index (χ1v) is 12.2. The Morgan fingerprint density at radius 2 is 1.97 bits per heavy atom. The molecule has 2 rings (SSSR count). The molecule has 0 fully saturated rings. The second-order valence-corrected chi connectivity index (χ2v) is 9.69. The number of carbonyl (C=O) groups is 1. The molecule has 1 amide bonds. The number of benzene rings is 1. The number of nitrogens with one attached hydrogen (secondary N) is 1. The number of hydroxylamine groups is 1. The Labute approximate surface area is 180 Å². The fraction of sp³-hybridized carbons (Fsp3) is 0.400. The van der Waals surface area contributed by atoms with E-state index in [0.29, 0.717) is 18.1 Å². The van der Waals surface area contributed by atoms with Gasteiger partial charge in [0.2, 0.25) is 0 Å². The van der Waals surface area contributed by atoms with Crippen molar-refractivity contribution >= 4 is 27.5 Å². The molecule has 1 atom stereocenters. The highest BCUT2D eigenvalue weighted by atomic mass is 32.2. The molecule has 10 heteroatoms. The van der Waals surface area contributed by atoms with Crippen molar-refractivity contribution in [3.05, 3.63) is 54.4 Å². The number of ether oxygens (including phenoxy) is 1. The second-order valence-electron chi connectivity index (χ2n) is 6.72. The van der Waals surface area contributed by atoms with E-state index in [2.05, 4.69) is 4.98 Å². The third kappa shape index (κ3) is 6.98. The van der Waals surface area contributed by atoms with Crippen LogP contribution < -0.4 is 10.2 Å². The highest BCUT2D eigenvalue weighted by molar-refractivity contribution is 7.98. The molecule has 1 unspecified atom stereocenters. The number of hydrogen-bond donors (Lipinski definition) is 3. The summed E-state index contributed by atoms with van der Waals surface area (Å²) in [6.45, 7) is 2.57. The van der Waals surface area contributed by atoms with Crippen molar-refractivity contribution in [2.24, 2.45) is 0 Å². The van der Waals surface area contributed by atoms with E-state index >= 15 is 0 Å². The molecule has 0 saturated heterocycles. The smallest absolute Gasteiger partial charge is 0.277 e. The Balaban J connectivity index is 2.08. The Kier molecular flexibility index (Phi) is 9.09. The van der Waals surface area contributed by atoms with Crippen LogP contribution >= 0.6 is 11.8 Å². The quantitative estimate of drug-likeness (QED) is 0.253. The number of aromatic nitrogens is 1. The summed E-state index contributed by atoms with van der Waals surface area (Å²) >= 11 is 1.14. The van der Waals surface area contributed by atoms with E-state index < -0.39 is 27.1 Å². The van der Waals surface area contributed by atoms with Crippen LogP contribution in [0.15, 0.2) is 53.6 Å². The van der Waals surface area contributed by atoms with E-state index in [-0.39, 0.29) is 10.6 Å². The zero-order chi connectivity index (χ0) is 22.0. The van der Waals surface area contributed by atoms with Crippen molar-refractivity contribution in [3.8, 4) is 5.75 Å². The SMILES string of the molecule is CCCCOc1ccc(S(=O)(=O)CC(O)(CSCc2ccccn2)C(=O)NO)cc1. The van der Waals surface area contributed by atoms with Gasteiger partial charge in [-0.2, -0.15) is 11.8 Å². The monoisotopic (exact) mass is 454 g/mol. The molecule has 30 heavy (non-hydrogen) atoms. The van der Waals surface area contributed by atoms with E-state index in [0.717, 1.165) is 30.3 Å². The first kappa shape index (κ1) is 24.1. The first-order chi connectivity index (χ1) is 14.3. The molecule has 0 aliphatic heterocycles. The Bertz CT molecular complexity index is 907. The van der Waals surface area contributed by atoms with Crippen LogP contribution in [0.25, 0.3) is 0 Å². The number of hydrogen-bond acceptors (Lipinski definition) is 8. The predicted octanol–water partition coefficient (Wildman–Crippen LogP) is 2.20. The van der Waals surface area contributed by atoms with Crippen LogP contribution in [-0.2, 0) is 20.4 Å². The largest absolute Gasteiger partial charge is 0.494 e. The standard InChI is InChI=1S/C20H26N2O6S2/c1-2-3-12-28-17-7-9-18(10-8-17)30(26,27)15-20(24,19(23)22-25)14-29-13-16-6-4-5-11-21-16/h4-11,24-25H,2-3,12-15H2,1H3,(H,22,23). The minimum Gasteiger partial charge on any atom is -0.494 e. The summed E-state index contributed by atoms with van der Waals surface area (Å²) in [4.78, 5) is 16.1. The number of aliphatic hydroxyl groups is 1. The molecule has 0 spiro atoms. The van der Waals surface area contributed by atoms with Gasteiger partial charge in [-0.25, -0.2) is 13.9 Å². The molecule has 3 N–H and O–H groups in total. The maximum Gasteiger partial charge on any atom is 0.277 e. The summed E-state index contributed by atoms with van der Waals surface area (Å²) in [6.07, 6.45) is 3.48. The summed E-state index contributed by atoms with van der Waals surface area (Å²) in [5.74, 6) is -1.40. The van der Waals surface area contributed by atoms with Gasteiger partial charge in [-0.15, -0.1) is 0 Å². The van der Waals surface area contributed by atoms with Crippen LogP contribution in [0.4, 0.5) is 0 Å². The van der Waals surface area contributed by atoms with Crippen LogP contribution in [-0.4, -0.2) is 53.3 Å². The van der Waals surface area contributed by atoms with Crippen LogP contribution in [0.3, 0.4) is 0 Å². The third-order valence-electron chi connectivity index (χ3n) is 4.22. The zero-order valence-corrected chi connectivity index (χ0v) is 18.3. The van der Waals surface area contributed by atoms with Gasteiger partial charge in [0, 0.05) is 17.7 Å². The average molecular weight is 455 g/mol. The fourth-order valence-electron chi connectivity index (χ4n) is 2.56. The third-order valence-corrected chi connectivity index (χ3v) is 7.25. The number of sulfone groups is 1. The molecule has 0 saturated carbocycles. The summed E-state index contributed by atoms with van der Waals surface area (Å²) in [7, 11) is -4.02. The van der Waals surface area contributed by atoms with Crippen LogP contribution in [0.5, 0.6) is 5.75 Å². The second kappa shape index (κ2) is 11.3. The highest BCUT2D eigenvalue weighted by Gasteiger charge is 2.41. The molecule has 8 nitrogen and oxygen atoms in total. The van der Waals surface area contributed by atoms with Crippen molar-refractivity contribution in [2.45, 2.75) is 36.0 Å². The number of carbonyl (C=O) groups excluding carboxylic acids is 1. The minimum atomic E-state index is -4.02. The Morgan fingerprint density at radius 3 is 2.57 bits per heavy atom. The van der Waals surface area contributed by atoms with Gasteiger partial charge < -0.3 is 9.84 Å². The molecule has 164 valence electrons. The number of unbranched alkanes of at least 4 members (excludes halogenated alkanes) is 1. The number of rotatable bonds is 12. The van der Waals surface area contributed by atoms with Gasteiger partial charge in [-0.3, -0.25) is 15.0 Å². The minimum absolute atomic E-state index is 0.0516. The van der Waals surface area contributed by atoms with E-state index in [1.807, 2.05) is 6.92 Å². The van der Waals surface area contributed by atoms with Gasteiger partial charge in [-0.05, 0) is 42.8 Å².